The Labute approximate surface area is 165 Å². The van der Waals surface area contributed by atoms with Crippen LogP contribution in [0.15, 0.2) is 42.5 Å². The first-order chi connectivity index (χ1) is 12.7. The molecular weight excluding hydrogens is 360 g/mol. The monoisotopic (exact) mass is 384 g/mol. The smallest absolute Gasteiger partial charge is 0.229 e. The molecule has 0 aromatic heterocycles. The molecule has 1 heterocycles. The first kappa shape index (κ1) is 19.4. The maximum atomic E-state index is 12.8. The van der Waals surface area contributed by atoms with Gasteiger partial charge in [0.2, 0.25) is 11.8 Å². The number of anilines is 2. The number of carbonyl (C=O) groups is 2. The number of hydrogen-bond donors (Lipinski definition) is 1. The highest BCUT2D eigenvalue weighted by atomic mass is 35.5. The number of benzene rings is 2. The van der Waals surface area contributed by atoms with Crippen LogP contribution in [0.25, 0.3) is 0 Å². The van der Waals surface area contributed by atoms with Crippen molar-refractivity contribution < 1.29 is 9.59 Å². The van der Waals surface area contributed by atoms with Crippen LogP contribution >= 0.6 is 11.6 Å². The summed E-state index contributed by atoms with van der Waals surface area (Å²) in [6, 6.07) is 13.3. The zero-order valence-electron chi connectivity index (χ0n) is 16.2. The number of carbonyl (C=O) groups excluding carboxylic acids is 2. The number of aryl methyl sites for hydroxylation is 1. The molecule has 0 bridgehead atoms. The molecule has 2 amide bonds. The molecule has 2 aromatic rings. The van der Waals surface area contributed by atoms with Gasteiger partial charge in [-0.25, -0.2) is 0 Å². The third-order valence-electron chi connectivity index (χ3n) is 4.96. The Morgan fingerprint density at radius 3 is 2.56 bits per heavy atom. The Hall–Kier alpha value is -2.33. The van der Waals surface area contributed by atoms with E-state index in [0.29, 0.717) is 11.6 Å². The van der Waals surface area contributed by atoms with E-state index in [2.05, 4.69) is 26.1 Å². The highest BCUT2D eigenvalue weighted by molar-refractivity contribution is 6.31. The molecule has 1 aliphatic heterocycles. The summed E-state index contributed by atoms with van der Waals surface area (Å²) in [5.74, 6) is -0.564. The molecule has 5 heteroatoms. The molecule has 1 saturated heterocycles. The van der Waals surface area contributed by atoms with Crippen LogP contribution in [0.4, 0.5) is 11.4 Å². The van der Waals surface area contributed by atoms with Crippen molar-refractivity contribution in [2.24, 2.45) is 5.92 Å². The molecule has 1 N–H and O–H groups in total. The van der Waals surface area contributed by atoms with Gasteiger partial charge in [-0.2, -0.15) is 0 Å². The van der Waals surface area contributed by atoms with Crippen LogP contribution in [0.1, 0.15) is 38.3 Å². The standard InChI is InChI=1S/C22H25ClN2O2/c1-14-9-10-16(12-18(14)23)25-13-15(11-20(25)26)21(27)24-19-8-6-5-7-17(19)22(2,3)4/h5-10,12,15H,11,13H2,1-4H3,(H,24,27). The average molecular weight is 385 g/mol. The largest absolute Gasteiger partial charge is 0.326 e. The number of rotatable bonds is 3. The summed E-state index contributed by atoms with van der Waals surface area (Å²) in [5, 5.41) is 3.65. The van der Waals surface area contributed by atoms with Crippen molar-refractivity contribution in [2.75, 3.05) is 16.8 Å². The Bertz CT molecular complexity index is 886. The topological polar surface area (TPSA) is 49.4 Å². The fourth-order valence-electron chi connectivity index (χ4n) is 3.36. The lowest BCUT2D eigenvalue weighted by Crippen LogP contribution is -2.29. The van der Waals surface area contributed by atoms with Gasteiger partial charge in [-0.15, -0.1) is 0 Å². The average Bonchev–Trinajstić information content (AvgIpc) is 2.99. The lowest BCUT2D eigenvalue weighted by Gasteiger charge is -2.23. The van der Waals surface area contributed by atoms with Gasteiger partial charge in [-0.1, -0.05) is 56.6 Å². The molecule has 0 radical (unpaired) electrons. The number of nitrogens with one attached hydrogen (secondary N) is 1. The quantitative estimate of drug-likeness (QED) is 0.814. The molecule has 142 valence electrons. The van der Waals surface area contributed by atoms with Gasteiger partial charge in [-0.05, 0) is 41.7 Å². The molecule has 4 nitrogen and oxygen atoms in total. The third-order valence-corrected chi connectivity index (χ3v) is 5.36. The molecule has 27 heavy (non-hydrogen) atoms. The zero-order valence-corrected chi connectivity index (χ0v) is 16.9. The van der Waals surface area contributed by atoms with E-state index in [9.17, 15) is 9.59 Å². The summed E-state index contributed by atoms with van der Waals surface area (Å²) in [6.45, 7) is 8.61. The predicted octanol–water partition coefficient (Wildman–Crippen LogP) is 4.94. The van der Waals surface area contributed by atoms with Gasteiger partial charge in [-0.3, -0.25) is 9.59 Å². The number of halogens is 1. The van der Waals surface area contributed by atoms with Crippen LogP contribution < -0.4 is 10.2 Å². The van der Waals surface area contributed by atoms with Crippen molar-refractivity contribution in [3.05, 3.63) is 58.6 Å². The van der Waals surface area contributed by atoms with Gasteiger partial charge in [0.1, 0.15) is 0 Å². The molecule has 0 aliphatic carbocycles. The van der Waals surface area contributed by atoms with E-state index in [1.807, 2.05) is 43.3 Å². The molecular formula is C22H25ClN2O2. The van der Waals surface area contributed by atoms with Crippen LogP contribution in [0.2, 0.25) is 5.02 Å². The molecule has 1 aliphatic rings. The summed E-state index contributed by atoms with van der Waals surface area (Å²) in [5.41, 5.74) is 3.49. The van der Waals surface area contributed by atoms with Crippen LogP contribution in [0, 0.1) is 12.8 Å². The molecule has 1 fully saturated rings. The van der Waals surface area contributed by atoms with E-state index in [0.717, 1.165) is 22.5 Å². The molecule has 0 spiro atoms. The summed E-state index contributed by atoms with van der Waals surface area (Å²) in [7, 11) is 0. The van der Waals surface area contributed by atoms with E-state index in [1.54, 1.807) is 11.0 Å². The Morgan fingerprint density at radius 2 is 1.89 bits per heavy atom. The highest BCUT2D eigenvalue weighted by Crippen LogP contribution is 2.32. The summed E-state index contributed by atoms with van der Waals surface area (Å²) in [4.78, 5) is 26.9. The van der Waals surface area contributed by atoms with Crippen molar-refractivity contribution in [1.82, 2.24) is 0 Å². The minimum absolute atomic E-state index is 0.0563. The number of para-hydroxylation sites is 1. The van der Waals surface area contributed by atoms with E-state index in [-0.39, 0.29) is 29.6 Å². The third kappa shape index (κ3) is 4.16. The minimum Gasteiger partial charge on any atom is -0.326 e. The SMILES string of the molecule is Cc1ccc(N2CC(C(=O)Nc3ccccc3C(C)(C)C)CC2=O)cc1Cl. The van der Waals surface area contributed by atoms with Crippen LogP contribution in [-0.4, -0.2) is 18.4 Å². The van der Waals surface area contributed by atoms with Crippen LogP contribution in [-0.2, 0) is 15.0 Å². The van der Waals surface area contributed by atoms with E-state index < -0.39 is 0 Å². The van der Waals surface area contributed by atoms with E-state index >= 15 is 0 Å². The van der Waals surface area contributed by atoms with Crippen molar-refractivity contribution in [3.63, 3.8) is 0 Å². The Balaban J connectivity index is 1.76. The van der Waals surface area contributed by atoms with E-state index in [4.69, 9.17) is 11.6 Å². The number of amides is 2. The summed E-state index contributed by atoms with van der Waals surface area (Å²) in [6.07, 6.45) is 0.203. The maximum Gasteiger partial charge on any atom is 0.229 e. The summed E-state index contributed by atoms with van der Waals surface area (Å²) < 4.78 is 0. The number of hydrogen-bond acceptors (Lipinski definition) is 2. The number of nitrogens with zero attached hydrogens (tertiary/aromatic N) is 1. The van der Waals surface area contributed by atoms with Gasteiger partial charge >= 0.3 is 0 Å². The van der Waals surface area contributed by atoms with Gasteiger partial charge in [0.25, 0.3) is 0 Å². The second kappa shape index (κ2) is 7.35. The van der Waals surface area contributed by atoms with Crippen molar-refractivity contribution >= 4 is 34.8 Å². The fraction of sp³-hybridized carbons (Fsp3) is 0.364. The maximum absolute atomic E-state index is 12.8. The van der Waals surface area contributed by atoms with Crippen LogP contribution in [0.5, 0.6) is 0 Å². The molecule has 3 rings (SSSR count). The molecule has 1 unspecified atom stereocenters. The normalized spacial score (nSPS) is 17.3. The highest BCUT2D eigenvalue weighted by Gasteiger charge is 2.35. The predicted molar refractivity (Wildman–Crippen MR) is 110 cm³/mol. The Morgan fingerprint density at radius 1 is 1.19 bits per heavy atom. The van der Waals surface area contributed by atoms with Crippen molar-refractivity contribution in [1.29, 1.82) is 0 Å². The van der Waals surface area contributed by atoms with Gasteiger partial charge in [0.05, 0.1) is 5.92 Å². The molecule has 0 saturated carbocycles. The molecule has 1 atom stereocenters. The second-order valence-corrected chi connectivity index (χ2v) is 8.53. The van der Waals surface area contributed by atoms with Crippen LogP contribution in [0.3, 0.4) is 0 Å². The van der Waals surface area contributed by atoms with Crippen molar-refractivity contribution in [2.45, 2.75) is 39.5 Å². The lowest BCUT2D eigenvalue weighted by atomic mass is 9.85. The van der Waals surface area contributed by atoms with E-state index in [1.165, 1.54) is 0 Å². The molecule has 2 aromatic carbocycles. The Kier molecular flexibility index (Phi) is 5.29. The van der Waals surface area contributed by atoms with Crippen molar-refractivity contribution in [3.8, 4) is 0 Å². The fourth-order valence-corrected chi connectivity index (χ4v) is 3.54. The zero-order chi connectivity index (χ0) is 19.8. The van der Waals surface area contributed by atoms with Gasteiger partial charge in [0, 0.05) is 29.4 Å². The first-order valence-electron chi connectivity index (χ1n) is 9.13. The minimum atomic E-state index is -0.384. The second-order valence-electron chi connectivity index (χ2n) is 8.12. The summed E-state index contributed by atoms with van der Waals surface area (Å²) >= 11 is 6.19. The van der Waals surface area contributed by atoms with Gasteiger partial charge < -0.3 is 10.2 Å². The first-order valence-corrected chi connectivity index (χ1v) is 9.51. The lowest BCUT2D eigenvalue weighted by molar-refractivity contribution is -0.122. The van der Waals surface area contributed by atoms with Gasteiger partial charge in [0.15, 0.2) is 0 Å².